The number of rotatable bonds is 5. The minimum Gasteiger partial charge on any atom is -0.478 e. The average molecular weight is 379 g/mol. The lowest BCUT2D eigenvalue weighted by Gasteiger charge is -2.31. The van der Waals surface area contributed by atoms with Crippen LogP contribution in [0.25, 0.3) is 0 Å². The van der Waals surface area contributed by atoms with Crippen molar-refractivity contribution in [1.29, 1.82) is 0 Å². The Hall–Kier alpha value is -3.94. The van der Waals surface area contributed by atoms with E-state index in [4.69, 9.17) is 5.11 Å². The summed E-state index contributed by atoms with van der Waals surface area (Å²) in [6.45, 7) is 1.65. The number of hydrogen-bond donors (Lipinski definition) is 3. The molecule has 0 spiro atoms. The van der Waals surface area contributed by atoms with Gasteiger partial charge in [0, 0.05) is 11.4 Å². The van der Waals surface area contributed by atoms with Crippen LogP contribution in [0.15, 0.2) is 66.4 Å². The number of carbonyl (C=O) groups is 4. The molecule has 0 aliphatic carbocycles. The van der Waals surface area contributed by atoms with Crippen molar-refractivity contribution in [2.75, 3.05) is 10.2 Å². The van der Waals surface area contributed by atoms with Gasteiger partial charge in [-0.25, -0.2) is 14.5 Å². The van der Waals surface area contributed by atoms with Gasteiger partial charge in [0.15, 0.2) is 5.92 Å². The van der Waals surface area contributed by atoms with E-state index >= 15 is 0 Å². The molecule has 142 valence electrons. The minimum atomic E-state index is -1.25. The second-order valence-corrected chi connectivity index (χ2v) is 5.99. The maximum absolute atomic E-state index is 13.0. The maximum Gasteiger partial charge on any atom is 0.335 e. The quantitative estimate of drug-likeness (QED) is 0.688. The zero-order valence-corrected chi connectivity index (χ0v) is 14.9. The number of carboxylic acid groups (broad SMARTS) is 1. The number of aromatic carboxylic acids is 1. The van der Waals surface area contributed by atoms with Gasteiger partial charge in [0.1, 0.15) is 0 Å². The first-order valence-corrected chi connectivity index (χ1v) is 8.43. The second kappa shape index (κ2) is 7.75. The Balaban J connectivity index is 1.88. The van der Waals surface area contributed by atoms with E-state index < -0.39 is 29.7 Å². The molecule has 0 unspecified atom stereocenters. The Morgan fingerprint density at radius 1 is 1.07 bits per heavy atom. The molecule has 1 atom stereocenters. The predicted octanol–water partition coefficient (Wildman–Crippen LogP) is 2.60. The van der Waals surface area contributed by atoms with Crippen LogP contribution in [0, 0.1) is 5.92 Å². The van der Waals surface area contributed by atoms with Crippen LogP contribution in [0.1, 0.15) is 17.3 Å². The third-order valence-corrected chi connectivity index (χ3v) is 4.22. The minimum absolute atomic E-state index is 0.111. The predicted molar refractivity (Wildman–Crippen MR) is 102 cm³/mol. The van der Waals surface area contributed by atoms with Gasteiger partial charge in [0.25, 0.3) is 5.91 Å². The molecule has 8 heteroatoms. The van der Waals surface area contributed by atoms with E-state index in [1.54, 1.807) is 43.3 Å². The Morgan fingerprint density at radius 3 is 2.29 bits per heavy atom. The smallest absolute Gasteiger partial charge is 0.335 e. The highest BCUT2D eigenvalue weighted by molar-refractivity contribution is 6.29. The van der Waals surface area contributed by atoms with Gasteiger partial charge in [-0.15, -0.1) is 0 Å². The largest absolute Gasteiger partial charge is 0.478 e. The fraction of sp³-hybridized carbons (Fsp3) is 0.100. The molecule has 4 amide bonds. The zero-order valence-electron chi connectivity index (χ0n) is 14.9. The van der Waals surface area contributed by atoms with E-state index in [2.05, 4.69) is 10.6 Å². The standard InChI is InChI=1S/C20H17N3O5/c1-2-15(21-13-10-8-12(9-11-13)19(26)27)16-17(24)22-20(28)23(18(16)25)14-6-4-3-5-7-14/h2-11,16,21H,1H3,(H,26,27)(H,22,24,28)/b15-2+/t16-/m0/s1. The van der Waals surface area contributed by atoms with Crippen LogP contribution < -0.4 is 15.5 Å². The van der Waals surface area contributed by atoms with E-state index in [9.17, 15) is 19.2 Å². The number of nitrogens with one attached hydrogen (secondary N) is 2. The molecule has 28 heavy (non-hydrogen) atoms. The van der Waals surface area contributed by atoms with Gasteiger partial charge < -0.3 is 10.4 Å². The van der Waals surface area contributed by atoms with Gasteiger partial charge in [-0.05, 0) is 43.3 Å². The van der Waals surface area contributed by atoms with Crippen molar-refractivity contribution in [1.82, 2.24) is 5.32 Å². The number of nitrogens with zero attached hydrogens (tertiary/aromatic N) is 1. The van der Waals surface area contributed by atoms with Crippen molar-refractivity contribution in [2.45, 2.75) is 6.92 Å². The highest BCUT2D eigenvalue weighted by atomic mass is 16.4. The number of barbiturate groups is 1. The molecule has 0 saturated carbocycles. The normalized spacial score (nSPS) is 17.3. The van der Waals surface area contributed by atoms with Crippen LogP contribution >= 0.6 is 0 Å². The number of anilines is 2. The first-order chi connectivity index (χ1) is 13.4. The first-order valence-electron chi connectivity index (χ1n) is 8.43. The molecule has 0 aromatic heterocycles. The average Bonchev–Trinajstić information content (AvgIpc) is 2.68. The summed E-state index contributed by atoms with van der Waals surface area (Å²) in [7, 11) is 0. The molecule has 1 fully saturated rings. The van der Waals surface area contributed by atoms with E-state index in [-0.39, 0.29) is 11.3 Å². The third kappa shape index (κ3) is 3.61. The van der Waals surface area contributed by atoms with E-state index in [0.29, 0.717) is 11.4 Å². The third-order valence-electron chi connectivity index (χ3n) is 4.22. The van der Waals surface area contributed by atoms with Crippen LogP contribution in [-0.4, -0.2) is 28.9 Å². The lowest BCUT2D eigenvalue weighted by Crippen LogP contribution is -2.59. The second-order valence-electron chi connectivity index (χ2n) is 5.99. The summed E-state index contributed by atoms with van der Waals surface area (Å²) < 4.78 is 0. The fourth-order valence-electron chi connectivity index (χ4n) is 2.84. The summed E-state index contributed by atoms with van der Waals surface area (Å²) >= 11 is 0. The number of para-hydroxylation sites is 1. The van der Waals surface area contributed by atoms with Crippen molar-refractivity contribution in [3.8, 4) is 0 Å². The van der Waals surface area contributed by atoms with E-state index in [1.807, 2.05) is 0 Å². The molecule has 0 bridgehead atoms. The molecular weight excluding hydrogens is 362 g/mol. The zero-order chi connectivity index (χ0) is 20.3. The fourth-order valence-corrected chi connectivity index (χ4v) is 2.84. The summed E-state index contributed by atoms with van der Waals surface area (Å²) in [5.74, 6) is -3.72. The van der Waals surface area contributed by atoms with Crippen molar-refractivity contribution < 1.29 is 24.3 Å². The van der Waals surface area contributed by atoms with Crippen LogP contribution in [0.3, 0.4) is 0 Å². The molecule has 3 N–H and O–H groups in total. The van der Waals surface area contributed by atoms with E-state index in [1.165, 1.54) is 24.3 Å². The number of urea groups is 1. The Kier molecular flexibility index (Phi) is 5.21. The van der Waals surface area contributed by atoms with Crippen molar-refractivity contribution in [3.63, 3.8) is 0 Å². The highest BCUT2D eigenvalue weighted by Crippen LogP contribution is 2.25. The van der Waals surface area contributed by atoms with Crippen LogP contribution in [-0.2, 0) is 9.59 Å². The Labute approximate surface area is 160 Å². The molecule has 1 aliphatic heterocycles. The number of amides is 4. The monoisotopic (exact) mass is 379 g/mol. The SMILES string of the molecule is C/C=C(/Nc1ccc(C(=O)O)cc1)[C@H]1C(=O)NC(=O)N(c2ccccc2)C1=O. The number of imide groups is 2. The number of carbonyl (C=O) groups excluding carboxylic acids is 3. The summed E-state index contributed by atoms with van der Waals surface area (Å²) in [6.07, 6.45) is 1.56. The van der Waals surface area contributed by atoms with E-state index in [0.717, 1.165) is 4.90 Å². The van der Waals surface area contributed by atoms with Crippen LogP contribution in [0.2, 0.25) is 0 Å². The lowest BCUT2D eigenvalue weighted by atomic mass is 9.99. The van der Waals surface area contributed by atoms with Gasteiger partial charge >= 0.3 is 12.0 Å². The van der Waals surface area contributed by atoms with Crippen molar-refractivity contribution in [2.24, 2.45) is 5.92 Å². The number of carboxylic acids is 1. The maximum atomic E-state index is 13.0. The molecule has 1 heterocycles. The molecule has 2 aromatic rings. The summed E-state index contributed by atoms with van der Waals surface area (Å²) in [4.78, 5) is 49.4. The van der Waals surface area contributed by atoms with Crippen molar-refractivity contribution >= 4 is 35.2 Å². The molecule has 1 aliphatic rings. The van der Waals surface area contributed by atoms with Gasteiger partial charge in [-0.2, -0.15) is 0 Å². The Bertz CT molecular complexity index is 967. The molecule has 2 aromatic carbocycles. The molecule has 8 nitrogen and oxygen atoms in total. The van der Waals surface area contributed by atoms with Gasteiger partial charge in [0.2, 0.25) is 5.91 Å². The number of hydrogen-bond acceptors (Lipinski definition) is 5. The van der Waals surface area contributed by atoms with Crippen LogP contribution in [0.5, 0.6) is 0 Å². The number of benzene rings is 2. The molecule has 1 saturated heterocycles. The topological polar surface area (TPSA) is 116 Å². The molecular formula is C20H17N3O5. The summed E-state index contributed by atoms with van der Waals surface area (Å²) in [5.41, 5.74) is 1.24. The van der Waals surface area contributed by atoms with Gasteiger partial charge in [-0.1, -0.05) is 24.3 Å². The van der Waals surface area contributed by atoms with Crippen molar-refractivity contribution in [3.05, 3.63) is 71.9 Å². The van der Waals surface area contributed by atoms with Gasteiger partial charge in [0.05, 0.1) is 11.3 Å². The number of allylic oxidation sites excluding steroid dienone is 1. The summed E-state index contributed by atoms with van der Waals surface area (Å²) in [5, 5.41) is 14.1. The summed E-state index contributed by atoms with van der Waals surface area (Å²) in [6, 6.07) is 13.4. The molecule has 3 rings (SSSR count). The van der Waals surface area contributed by atoms with Gasteiger partial charge in [-0.3, -0.25) is 14.9 Å². The molecule has 0 radical (unpaired) electrons. The van der Waals surface area contributed by atoms with Crippen LogP contribution in [0.4, 0.5) is 16.2 Å². The highest BCUT2D eigenvalue weighted by Gasteiger charge is 2.43. The lowest BCUT2D eigenvalue weighted by molar-refractivity contribution is -0.132. The first kappa shape index (κ1) is 18.8. The Morgan fingerprint density at radius 2 is 1.71 bits per heavy atom.